The molecule has 2 aromatic heterocycles. The van der Waals surface area contributed by atoms with E-state index in [9.17, 15) is 9.59 Å². The number of aromatic nitrogens is 3. The first-order valence-electron chi connectivity index (χ1n) is 13.1. The first-order valence-corrected chi connectivity index (χ1v) is 13.1. The number of benzene rings is 1. The predicted molar refractivity (Wildman–Crippen MR) is 140 cm³/mol. The normalized spacial score (nSPS) is 27.0. The highest BCUT2D eigenvalue weighted by Crippen LogP contribution is 2.35. The van der Waals surface area contributed by atoms with E-state index in [-0.39, 0.29) is 18.2 Å². The molecule has 10 nitrogen and oxygen atoms in total. The summed E-state index contributed by atoms with van der Waals surface area (Å²) in [5, 5.41) is 14.2. The quantitative estimate of drug-likeness (QED) is 0.404. The fraction of sp³-hybridized carbons (Fsp3) is 0.481. The predicted octanol–water partition coefficient (Wildman–Crippen LogP) is 3.16. The van der Waals surface area contributed by atoms with Gasteiger partial charge in [0.15, 0.2) is 0 Å². The third-order valence-corrected chi connectivity index (χ3v) is 8.04. The number of hydrogen-bond acceptors (Lipinski definition) is 7. The molecular formula is C27H33N7O3. The molecule has 0 aliphatic carbocycles. The van der Waals surface area contributed by atoms with Crippen LogP contribution in [0, 0.1) is 5.92 Å². The summed E-state index contributed by atoms with van der Waals surface area (Å²) in [6.45, 7) is 4.30. The lowest BCUT2D eigenvalue weighted by atomic mass is 9.89. The number of carbonyl (C=O) groups excluding carboxylic acids is 2. The van der Waals surface area contributed by atoms with E-state index in [0.717, 1.165) is 48.9 Å². The van der Waals surface area contributed by atoms with Crippen LogP contribution >= 0.6 is 0 Å². The molecule has 6 aliphatic rings. The Morgan fingerprint density at radius 3 is 2.76 bits per heavy atom. The van der Waals surface area contributed by atoms with E-state index < -0.39 is 11.8 Å². The summed E-state index contributed by atoms with van der Waals surface area (Å²) in [5.74, 6) is 0.621. The Kier molecular flexibility index (Phi) is 6.19. The third kappa shape index (κ3) is 4.61. The van der Waals surface area contributed by atoms with E-state index in [1.165, 1.54) is 0 Å². The second kappa shape index (κ2) is 9.66. The molecule has 6 aliphatic heterocycles. The summed E-state index contributed by atoms with van der Waals surface area (Å²) in [6.07, 6.45) is 7.05. The number of likely N-dealkylation sites (tertiary alicyclic amines) is 1. The molecule has 8 heterocycles. The van der Waals surface area contributed by atoms with Crippen molar-refractivity contribution in [3.63, 3.8) is 0 Å². The summed E-state index contributed by atoms with van der Waals surface area (Å²) < 4.78 is 6.39. The van der Waals surface area contributed by atoms with E-state index in [0.29, 0.717) is 36.0 Å². The van der Waals surface area contributed by atoms with Crippen LogP contribution in [0.15, 0.2) is 36.7 Å². The van der Waals surface area contributed by atoms with Crippen LogP contribution < -0.4 is 15.4 Å². The zero-order valence-electron chi connectivity index (χ0n) is 21.2. The lowest BCUT2D eigenvalue weighted by Gasteiger charge is -2.38. The van der Waals surface area contributed by atoms with Crippen LogP contribution in [0.25, 0.3) is 10.9 Å². The maximum Gasteiger partial charge on any atom is 0.314 e. The maximum absolute atomic E-state index is 13.4. The summed E-state index contributed by atoms with van der Waals surface area (Å²) in [7, 11) is 2.14. The molecule has 6 bridgehead atoms. The van der Waals surface area contributed by atoms with Crippen molar-refractivity contribution in [2.24, 2.45) is 5.92 Å². The van der Waals surface area contributed by atoms with Crippen molar-refractivity contribution in [3.05, 3.63) is 42.2 Å². The lowest BCUT2D eigenvalue weighted by Crippen LogP contribution is -2.47. The Bertz CT molecular complexity index is 1310. The van der Waals surface area contributed by atoms with E-state index >= 15 is 0 Å². The molecule has 194 valence electrons. The first kappa shape index (κ1) is 23.7. The average Bonchev–Trinajstić information content (AvgIpc) is 3.40. The van der Waals surface area contributed by atoms with Crippen molar-refractivity contribution in [1.82, 2.24) is 25.0 Å². The van der Waals surface area contributed by atoms with Crippen LogP contribution in [0.3, 0.4) is 0 Å². The van der Waals surface area contributed by atoms with Gasteiger partial charge in [0, 0.05) is 32.1 Å². The first-order chi connectivity index (χ1) is 18.0. The molecular weight excluding hydrogens is 470 g/mol. The van der Waals surface area contributed by atoms with Crippen molar-refractivity contribution < 1.29 is 14.3 Å². The summed E-state index contributed by atoms with van der Waals surface area (Å²) in [4.78, 5) is 35.2. The zero-order chi connectivity index (χ0) is 25.5. The molecule has 10 heteroatoms. The Morgan fingerprint density at radius 2 is 1.92 bits per heavy atom. The van der Waals surface area contributed by atoms with Crippen LogP contribution in [0.1, 0.15) is 44.2 Å². The molecule has 1 aromatic carbocycles. The van der Waals surface area contributed by atoms with E-state index in [4.69, 9.17) is 4.74 Å². The number of anilines is 2. The fourth-order valence-electron chi connectivity index (χ4n) is 5.85. The van der Waals surface area contributed by atoms with Gasteiger partial charge in [-0.1, -0.05) is 19.1 Å². The van der Waals surface area contributed by atoms with Gasteiger partial charge >= 0.3 is 11.8 Å². The standard InChI is InChI=1S/C27H33N7O3/c1-16-3-8-23-17-4-6-19(7-5-17)37-20-9-10-33(2)18(11-20)12-28-25-21-13-30-32-24(21)22(14-29-25)31-26(35)27(36)34(23)15-16/h4-7,13-14,16,18,20,23H,3,8-12,15H2,1-2H3,(H,28,29)(H,30,32)(H,31,35)/t16-,18?,20?,23+/m0/s1. The minimum Gasteiger partial charge on any atom is -0.490 e. The molecule has 0 saturated carbocycles. The zero-order valence-corrected chi connectivity index (χ0v) is 21.2. The number of ether oxygens (including phenoxy) is 1. The second-order valence-electron chi connectivity index (χ2n) is 10.6. The minimum atomic E-state index is -0.675. The molecule has 9 rings (SSSR count). The molecule has 4 atom stereocenters. The smallest absolute Gasteiger partial charge is 0.314 e. The van der Waals surface area contributed by atoms with Gasteiger partial charge in [0.05, 0.1) is 35.0 Å². The number of hydrogen-bond donors (Lipinski definition) is 3. The molecule has 2 amide bonds. The lowest BCUT2D eigenvalue weighted by molar-refractivity contribution is -0.146. The maximum atomic E-state index is 13.4. The Hall–Kier alpha value is -3.66. The molecule has 2 saturated heterocycles. The molecule has 37 heavy (non-hydrogen) atoms. The van der Waals surface area contributed by atoms with Gasteiger partial charge in [-0.3, -0.25) is 14.7 Å². The molecule has 2 unspecified atom stereocenters. The van der Waals surface area contributed by atoms with Crippen molar-refractivity contribution in [3.8, 4) is 5.75 Å². The number of rotatable bonds is 0. The number of nitrogens with one attached hydrogen (secondary N) is 3. The van der Waals surface area contributed by atoms with Crippen LogP contribution in [0.5, 0.6) is 5.75 Å². The average molecular weight is 504 g/mol. The fourth-order valence-corrected chi connectivity index (χ4v) is 5.85. The summed E-state index contributed by atoms with van der Waals surface area (Å²) in [5.41, 5.74) is 2.09. The van der Waals surface area contributed by atoms with Gasteiger partial charge in [-0.2, -0.15) is 5.10 Å². The van der Waals surface area contributed by atoms with Gasteiger partial charge in [-0.25, -0.2) is 4.98 Å². The van der Waals surface area contributed by atoms with Crippen molar-refractivity contribution in [2.45, 2.75) is 50.8 Å². The molecule has 0 spiro atoms. The Morgan fingerprint density at radius 1 is 1.08 bits per heavy atom. The van der Waals surface area contributed by atoms with Crippen LogP contribution in [0.4, 0.5) is 11.5 Å². The monoisotopic (exact) mass is 503 g/mol. The Balaban J connectivity index is 1.38. The van der Waals surface area contributed by atoms with Crippen LogP contribution in [-0.4, -0.2) is 75.6 Å². The van der Waals surface area contributed by atoms with Gasteiger partial charge in [-0.15, -0.1) is 0 Å². The van der Waals surface area contributed by atoms with Gasteiger partial charge in [0.1, 0.15) is 17.7 Å². The second-order valence-corrected chi connectivity index (χ2v) is 10.6. The number of pyridine rings is 1. The van der Waals surface area contributed by atoms with Crippen molar-refractivity contribution in [2.75, 3.05) is 37.3 Å². The highest BCUT2D eigenvalue weighted by molar-refractivity contribution is 6.40. The van der Waals surface area contributed by atoms with Crippen LogP contribution in [0.2, 0.25) is 0 Å². The highest BCUT2D eigenvalue weighted by Gasteiger charge is 2.35. The van der Waals surface area contributed by atoms with E-state index in [2.05, 4.69) is 44.7 Å². The molecule has 0 radical (unpaired) electrons. The van der Waals surface area contributed by atoms with Gasteiger partial charge < -0.3 is 25.2 Å². The third-order valence-electron chi connectivity index (χ3n) is 8.04. The topological polar surface area (TPSA) is 115 Å². The van der Waals surface area contributed by atoms with Gasteiger partial charge in [0.2, 0.25) is 0 Å². The summed E-state index contributed by atoms with van der Waals surface area (Å²) in [6, 6.07) is 8.18. The number of H-pyrrole nitrogens is 1. The number of carbonyl (C=O) groups is 2. The number of amides is 2. The largest absolute Gasteiger partial charge is 0.490 e. The Labute approximate surface area is 215 Å². The SMILES string of the molecule is C[C@H]1CC[C@@H]2c3ccc(cc3)OC3CCN(C)C(CNc4ncc(c5[nH]ncc45)NC(=O)C(=O)N2C1)C3. The molecule has 2 fully saturated rings. The highest BCUT2D eigenvalue weighted by atomic mass is 16.5. The van der Waals surface area contributed by atoms with Gasteiger partial charge in [-0.05, 0) is 49.9 Å². The molecule has 3 aromatic rings. The van der Waals surface area contributed by atoms with Crippen molar-refractivity contribution in [1.29, 1.82) is 0 Å². The molecule has 3 N–H and O–H groups in total. The summed E-state index contributed by atoms with van der Waals surface area (Å²) >= 11 is 0. The van der Waals surface area contributed by atoms with Gasteiger partial charge in [0.25, 0.3) is 0 Å². The number of likely N-dealkylation sites (N-methyl/N-ethyl adjacent to an activating group) is 1. The number of aromatic amines is 1. The van der Waals surface area contributed by atoms with E-state index in [1.54, 1.807) is 17.3 Å². The van der Waals surface area contributed by atoms with Crippen molar-refractivity contribution >= 4 is 34.2 Å². The van der Waals surface area contributed by atoms with E-state index in [1.807, 2.05) is 24.3 Å². The van der Waals surface area contributed by atoms with Crippen LogP contribution in [-0.2, 0) is 9.59 Å². The number of piperidine rings is 2. The number of nitrogens with zero attached hydrogens (tertiary/aromatic N) is 4. The minimum absolute atomic E-state index is 0.121.